The highest BCUT2D eigenvalue weighted by molar-refractivity contribution is 5.34. The molecule has 19 heavy (non-hydrogen) atoms. The van der Waals surface area contributed by atoms with E-state index in [1.807, 2.05) is 0 Å². The molecule has 1 nitrogen and oxygen atoms in total. The minimum Gasteiger partial charge on any atom is -0.396 e. The lowest BCUT2D eigenvalue weighted by Gasteiger charge is -2.17. The van der Waals surface area contributed by atoms with Crippen LogP contribution in [0.5, 0.6) is 0 Å². The summed E-state index contributed by atoms with van der Waals surface area (Å²) in [6.07, 6.45) is 0.896. The number of hydrogen-bond acceptors (Lipinski definition) is 1. The predicted molar refractivity (Wildman–Crippen MR) is 80.6 cm³/mol. The van der Waals surface area contributed by atoms with Gasteiger partial charge in [-0.2, -0.15) is 0 Å². The number of aryl methyl sites for hydroxylation is 3. The molecule has 0 amide bonds. The summed E-state index contributed by atoms with van der Waals surface area (Å²) >= 11 is 0. The van der Waals surface area contributed by atoms with Crippen molar-refractivity contribution in [3.05, 3.63) is 70.3 Å². The second-order valence-electron chi connectivity index (χ2n) is 5.43. The fraction of sp³-hybridized carbons (Fsp3) is 0.333. The van der Waals surface area contributed by atoms with Crippen LogP contribution in [0.1, 0.15) is 33.7 Å². The maximum atomic E-state index is 9.69. The van der Waals surface area contributed by atoms with Crippen molar-refractivity contribution in [3.63, 3.8) is 0 Å². The van der Waals surface area contributed by atoms with Gasteiger partial charge in [0, 0.05) is 5.92 Å². The Balaban J connectivity index is 2.26. The molecule has 0 fully saturated rings. The van der Waals surface area contributed by atoms with Gasteiger partial charge in [-0.05, 0) is 43.9 Å². The first-order chi connectivity index (χ1) is 9.10. The highest BCUT2D eigenvalue weighted by Crippen LogP contribution is 2.23. The second-order valence-corrected chi connectivity index (χ2v) is 5.43. The van der Waals surface area contributed by atoms with Gasteiger partial charge in [0.25, 0.3) is 0 Å². The van der Waals surface area contributed by atoms with Crippen LogP contribution in [0.2, 0.25) is 0 Å². The van der Waals surface area contributed by atoms with Gasteiger partial charge in [-0.15, -0.1) is 0 Å². The fourth-order valence-electron chi connectivity index (χ4n) is 2.50. The first-order valence-corrected chi connectivity index (χ1v) is 6.83. The van der Waals surface area contributed by atoms with Crippen LogP contribution < -0.4 is 0 Å². The Hall–Kier alpha value is -1.60. The SMILES string of the molecule is Cc1cccc(C(CO)Cc2cc(C)ccc2C)c1. The predicted octanol–water partition coefficient (Wildman–Crippen LogP) is 3.93. The van der Waals surface area contributed by atoms with E-state index < -0.39 is 0 Å². The summed E-state index contributed by atoms with van der Waals surface area (Å²) in [6.45, 7) is 6.54. The van der Waals surface area contributed by atoms with E-state index in [1.54, 1.807) is 0 Å². The molecule has 2 aromatic rings. The largest absolute Gasteiger partial charge is 0.396 e. The smallest absolute Gasteiger partial charge is 0.0502 e. The zero-order chi connectivity index (χ0) is 13.8. The molecular weight excluding hydrogens is 232 g/mol. The topological polar surface area (TPSA) is 20.2 Å². The van der Waals surface area contributed by atoms with Crippen LogP contribution >= 0.6 is 0 Å². The Kier molecular flexibility index (Phi) is 4.39. The van der Waals surface area contributed by atoms with E-state index in [9.17, 15) is 5.11 Å². The van der Waals surface area contributed by atoms with Gasteiger partial charge in [0.1, 0.15) is 0 Å². The maximum Gasteiger partial charge on any atom is 0.0502 e. The quantitative estimate of drug-likeness (QED) is 0.876. The van der Waals surface area contributed by atoms with Crippen molar-refractivity contribution >= 4 is 0 Å². The van der Waals surface area contributed by atoms with Crippen molar-refractivity contribution < 1.29 is 5.11 Å². The Morgan fingerprint density at radius 1 is 0.947 bits per heavy atom. The molecule has 2 aromatic carbocycles. The second kappa shape index (κ2) is 6.03. The van der Waals surface area contributed by atoms with Gasteiger partial charge >= 0.3 is 0 Å². The molecule has 0 saturated heterocycles. The standard InChI is InChI=1S/C18H22O/c1-13-5-4-6-16(9-13)18(12-19)11-17-10-14(2)7-8-15(17)3/h4-10,18-19H,11-12H2,1-3H3. The van der Waals surface area contributed by atoms with E-state index in [0.717, 1.165) is 6.42 Å². The summed E-state index contributed by atoms with van der Waals surface area (Å²) in [6, 6.07) is 15.0. The number of aliphatic hydroxyl groups is 1. The van der Waals surface area contributed by atoms with E-state index in [4.69, 9.17) is 0 Å². The Morgan fingerprint density at radius 2 is 1.68 bits per heavy atom. The highest BCUT2D eigenvalue weighted by atomic mass is 16.3. The average Bonchev–Trinajstić information content (AvgIpc) is 2.39. The molecule has 0 radical (unpaired) electrons. The van der Waals surface area contributed by atoms with Crippen LogP contribution in [0.15, 0.2) is 42.5 Å². The molecule has 100 valence electrons. The van der Waals surface area contributed by atoms with Crippen LogP contribution in [-0.2, 0) is 6.42 Å². The third kappa shape index (κ3) is 3.45. The van der Waals surface area contributed by atoms with Gasteiger partial charge in [0.05, 0.1) is 6.61 Å². The minimum absolute atomic E-state index is 0.181. The van der Waals surface area contributed by atoms with Gasteiger partial charge in [-0.25, -0.2) is 0 Å². The van der Waals surface area contributed by atoms with Crippen LogP contribution in [0.4, 0.5) is 0 Å². The number of rotatable bonds is 4. The van der Waals surface area contributed by atoms with Crippen LogP contribution in [-0.4, -0.2) is 11.7 Å². The lowest BCUT2D eigenvalue weighted by molar-refractivity contribution is 0.264. The summed E-state index contributed by atoms with van der Waals surface area (Å²) < 4.78 is 0. The van der Waals surface area contributed by atoms with E-state index in [2.05, 4.69) is 63.2 Å². The molecular formula is C18H22O. The van der Waals surface area contributed by atoms with E-state index in [0.29, 0.717) is 0 Å². The Labute approximate surface area is 115 Å². The molecule has 1 N–H and O–H groups in total. The zero-order valence-electron chi connectivity index (χ0n) is 12.0. The summed E-state index contributed by atoms with van der Waals surface area (Å²) in [4.78, 5) is 0. The lowest BCUT2D eigenvalue weighted by Crippen LogP contribution is -2.09. The van der Waals surface area contributed by atoms with Gasteiger partial charge in [0.2, 0.25) is 0 Å². The number of aliphatic hydroxyl groups excluding tert-OH is 1. The molecule has 1 unspecified atom stereocenters. The van der Waals surface area contributed by atoms with Gasteiger partial charge < -0.3 is 5.11 Å². The third-order valence-corrected chi connectivity index (χ3v) is 3.70. The van der Waals surface area contributed by atoms with Crippen molar-refractivity contribution in [1.29, 1.82) is 0 Å². The van der Waals surface area contributed by atoms with E-state index in [-0.39, 0.29) is 12.5 Å². The molecule has 0 saturated carbocycles. The lowest BCUT2D eigenvalue weighted by atomic mass is 9.89. The normalized spacial score (nSPS) is 12.4. The zero-order valence-corrected chi connectivity index (χ0v) is 12.0. The van der Waals surface area contributed by atoms with Crippen LogP contribution in [0.25, 0.3) is 0 Å². The Morgan fingerprint density at radius 3 is 2.37 bits per heavy atom. The molecule has 1 heteroatoms. The molecule has 0 spiro atoms. The van der Waals surface area contributed by atoms with Crippen molar-refractivity contribution in [2.24, 2.45) is 0 Å². The number of benzene rings is 2. The highest BCUT2D eigenvalue weighted by Gasteiger charge is 2.13. The molecule has 0 aliphatic rings. The minimum atomic E-state index is 0.181. The first kappa shape index (κ1) is 13.8. The molecule has 1 atom stereocenters. The fourth-order valence-corrected chi connectivity index (χ4v) is 2.50. The molecule has 0 aliphatic heterocycles. The van der Waals surface area contributed by atoms with E-state index >= 15 is 0 Å². The molecule has 0 bridgehead atoms. The van der Waals surface area contributed by atoms with E-state index in [1.165, 1.54) is 27.8 Å². The van der Waals surface area contributed by atoms with Crippen molar-refractivity contribution in [3.8, 4) is 0 Å². The van der Waals surface area contributed by atoms with Crippen LogP contribution in [0, 0.1) is 20.8 Å². The summed E-state index contributed by atoms with van der Waals surface area (Å²) in [5.74, 6) is 0.181. The Bertz CT molecular complexity index is 557. The van der Waals surface area contributed by atoms with Crippen molar-refractivity contribution in [2.45, 2.75) is 33.1 Å². The van der Waals surface area contributed by atoms with Gasteiger partial charge in [0.15, 0.2) is 0 Å². The number of hydrogen-bond donors (Lipinski definition) is 1. The maximum absolute atomic E-state index is 9.69. The molecule has 2 rings (SSSR count). The molecule has 0 heterocycles. The van der Waals surface area contributed by atoms with Gasteiger partial charge in [-0.1, -0.05) is 53.6 Å². The van der Waals surface area contributed by atoms with Gasteiger partial charge in [-0.3, -0.25) is 0 Å². The third-order valence-electron chi connectivity index (χ3n) is 3.70. The molecule has 0 aliphatic carbocycles. The molecule has 0 aromatic heterocycles. The first-order valence-electron chi connectivity index (χ1n) is 6.83. The van der Waals surface area contributed by atoms with Crippen molar-refractivity contribution in [1.82, 2.24) is 0 Å². The van der Waals surface area contributed by atoms with Crippen molar-refractivity contribution in [2.75, 3.05) is 6.61 Å². The summed E-state index contributed by atoms with van der Waals surface area (Å²) in [5.41, 5.74) is 6.39. The summed E-state index contributed by atoms with van der Waals surface area (Å²) in [5, 5.41) is 9.69. The summed E-state index contributed by atoms with van der Waals surface area (Å²) in [7, 11) is 0. The average molecular weight is 254 g/mol. The van der Waals surface area contributed by atoms with Crippen LogP contribution in [0.3, 0.4) is 0 Å². The monoisotopic (exact) mass is 254 g/mol.